The number of ether oxygens (including phenoxy) is 1. The van der Waals surface area contributed by atoms with Crippen LogP contribution in [0.3, 0.4) is 0 Å². The molecule has 0 heterocycles. The minimum Gasteiger partial charge on any atom is -0.447 e. The summed E-state index contributed by atoms with van der Waals surface area (Å²) >= 11 is 0. The molecule has 0 atom stereocenters. The lowest BCUT2D eigenvalue weighted by Crippen LogP contribution is -2.37. The molecule has 108 valence electrons. The number of benzene rings is 2. The van der Waals surface area contributed by atoms with Gasteiger partial charge >= 0.3 is 6.09 Å². The van der Waals surface area contributed by atoms with E-state index < -0.39 is 0 Å². The molecule has 0 radical (unpaired) electrons. The number of amides is 1. The van der Waals surface area contributed by atoms with Gasteiger partial charge in [0.15, 0.2) is 0 Å². The number of nitrogens with one attached hydrogen (secondary N) is 1. The maximum atomic E-state index is 11.8. The summed E-state index contributed by atoms with van der Waals surface area (Å²) in [5.74, 6) is 0.103. The Kier molecular flexibility index (Phi) is 3.62. The topological polar surface area (TPSA) is 41.6 Å². The van der Waals surface area contributed by atoms with E-state index >= 15 is 0 Å². The van der Waals surface area contributed by atoms with Crippen molar-refractivity contribution in [2.45, 2.75) is 5.92 Å². The summed E-state index contributed by atoms with van der Waals surface area (Å²) in [6.07, 6.45) is -0.376. The van der Waals surface area contributed by atoms with Gasteiger partial charge in [-0.15, -0.1) is 0 Å². The highest BCUT2D eigenvalue weighted by atomic mass is 16.6. The molecule has 3 rings (SSSR count). The lowest BCUT2D eigenvalue weighted by molar-refractivity contribution is 0.0956. The van der Waals surface area contributed by atoms with Gasteiger partial charge in [0.1, 0.15) is 6.61 Å². The van der Waals surface area contributed by atoms with Gasteiger partial charge in [0.05, 0.1) is 0 Å². The average molecular weight is 282 g/mol. The van der Waals surface area contributed by atoms with Gasteiger partial charge in [0.25, 0.3) is 0 Å². The number of carbonyl (C=O) groups excluding carboxylic acids is 1. The van der Waals surface area contributed by atoms with E-state index in [2.05, 4.69) is 29.7 Å². The van der Waals surface area contributed by atoms with Crippen LogP contribution in [-0.4, -0.2) is 31.8 Å². The van der Waals surface area contributed by atoms with Crippen molar-refractivity contribution in [2.75, 3.05) is 20.7 Å². The Balaban J connectivity index is 1.87. The van der Waals surface area contributed by atoms with Gasteiger partial charge in [-0.25, -0.2) is 15.2 Å². The number of fused-ring (bicyclic) bond motifs is 3. The Bertz CT molecular complexity index is 624. The SMILES string of the molecule is CNN(C)C(=O)OCC1c2ccccc2-c2ccccc21. The molecule has 1 N–H and O–H groups in total. The average Bonchev–Trinajstić information content (AvgIpc) is 2.86. The first-order chi connectivity index (χ1) is 10.2. The molecular weight excluding hydrogens is 264 g/mol. The van der Waals surface area contributed by atoms with Crippen molar-refractivity contribution in [1.29, 1.82) is 0 Å². The molecule has 21 heavy (non-hydrogen) atoms. The Hall–Kier alpha value is -2.33. The first-order valence-corrected chi connectivity index (χ1v) is 6.98. The Morgan fingerprint density at radius 2 is 1.62 bits per heavy atom. The van der Waals surface area contributed by atoms with Crippen LogP contribution < -0.4 is 5.43 Å². The molecule has 0 aliphatic heterocycles. The highest BCUT2D eigenvalue weighted by molar-refractivity contribution is 5.79. The molecule has 0 saturated carbocycles. The number of hydrogen-bond donors (Lipinski definition) is 1. The van der Waals surface area contributed by atoms with E-state index in [1.165, 1.54) is 27.3 Å². The lowest BCUT2D eigenvalue weighted by atomic mass is 9.98. The van der Waals surface area contributed by atoms with Gasteiger partial charge in [-0.3, -0.25) is 0 Å². The van der Waals surface area contributed by atoms with Crippen LogP contribution >= 0.6 is 0 Å². The van der Waals surface area contributed by atoms with Crippen LogP contribution in [0.5, 0.6) is 0 Å². The number of hydrazine groups is 1. The van der Waals surface area contributed by atoms with Crippen molar-refractivity contribution in [3.05, 3.63) is 59.7 Å². The fourth-order valence-electron chi connectivity index (χ4n) is 2.78. The molecular formula is C17H18N2O2. The van der Waals surface area contributed by atoms with Crippen LogP contribution in [0.25, 0.3) is 11.1 Å². The third kappa shape index (κ3) is 2.38. The van der Waals surface area contributed by atoms with Gasteiger partial charge in [-0.1, -0.05) is 48.5 Å². The second-order valence-electron chi connectivity index (χ2n) is 5.09. The van der Waals surface area contributed by atoms with Crippen LogP contribution in [-0.2, 0) is 4.74 Å². The van der Waals surface area contributed by atoms with Crippen LogP contribution in [0, 0.1) is 0 Å². The molecule has 0 fully saturated rings. The van der Waals surface area contributed by atoms with Crippen LogP contribution in [0.2, 0.25) is 0 Å². The summed E-state index contributed by atoms with van der Waals surface area (Å²) in [4.78, 5) is 11.8. The molecule has 2 aromatic rings. The minimum atomic E-state index is -0.376. The zero-order valence-electron chi connectivity index (χ0n) is 12.2. The Labute approximate surface area is 124 Å². The predicted molar refractivity (Wildman–Crippen MR) is 81.9 cm³/mol. The number of carbonyl (C=O) groups is 1. The fraction of sp³-hybridized carbons (Fsp3) is 0.235. The maximum Gasteiger partial charge on any atom is 0.423 e. The largest absolute Gasteiger partial charge is 0.447 e. The molecule has 0 unspecified atom stereocenters. The third-order valence-electron chi connectivity index (χ3n) is 3.95. The quantitative estimate of drug-likeness (QED) is 0.880. The molecule has 0 bridgehead atoms. The molecule has 0 saturated heterocycles. The highest BCUT2D eigenvalue weighted by Crippen LogP contribution is 2.44. The van der Waals surface area contributed by atoms with Gasteiger partial charge in [0, 0.05) is 20.0 Å². The summed E-state index contributed by atoms with van der Waals surface area (Å²) < 4.78 is 5.42. The van der Waals surface area contributed by atoms with E-state index in [4.69, 9.17) is 4.74 Å². The predicted octanol–water partition coefficient (Wildman–Crippen LogP) is 3.00. The second kappa shape index (κ2) is 5.58. The van der Waals surface area contributed by atoms with Gasteiger partial charge < -0.3 is 4.74 Å². The van der Waals surface area contributed by atoms with Crippen molar-refractivity contribution in [3.8, 4) is 11.1 Å². The van der Waals surface area contributed by atoms with Gasteiger partial charge in [-0.2, -0.15) is 0 Å². The lowest BCUT2D eigenvalue weighted by Gasteiger charge is -2.18. The number of nitrogens with zero attached hydrogens (tertiary/aromatic N) is 1. The van der Waals surface area contributed by atoms with Crippen LogP contribution in [0.4, 0.5) is 4.79 Å². The van der Waals surface area contributed by atoms with Crippen molar-refractivity contribution in [2.24, 2.45) is 0 Å². The third-order valence-corrected chi connectivity index (χ3v) is 3.95. The van der Waals surface area contributed by atoms with E-state index in [-0.39, 0.29) is 12.0 Å². The zero-order chi connectivity index (χ0) is 14.8. The van der Waals surface area contributed by atoms with Crippen molar-refractivity contribution in [1.82, 2.24) is 10.4 Å². The molecule has 1 aliphatic rings. The van der Waals surface area contributed by atoms with E-state index in [1.54, 1.807) is 14.1 Å². The molecule has 2 aromatic carbocycles. The van der Waals surface area contributed by atoms with Crippen LogP contribution in [0.15, 0.2) is 48.5 Å². The number of hydrogen-bond acceptors (Lipinski definition) is 3. The summed E-state index contributed by atoms with van der Waals surface area (Å²) in [5, 5.41) is 1.33. The number of rotatable bonds is 3. The Morgan fingerprint density at radius 1 is 1.10 bits per heavy atom. The maximum absolute atomic E-state index is 11.8. The van der Waals surface area contributed by atoms with Crippen molar-refractivity contribution in [3.63, 3.8) is 0 Å². The molecule has 1 amide bonds. The molecule has 4 nitrogen and oxygen atoms in total. The van der Waals surface area contributed by atoms with E-state index in [1.807, 2.05) is 24.3 Å². The second-order valence-corrected chi connectivity index (χ2v) is 5.09. The summed E-state index contributed by atoms with van der Waals surface area (Å²) in [5.41, 5.74) is 7.64. The van der Waals surface area contributed by atoms with Gasteiger partial charge in [0.2, 0.25) is 0 Å². The van der Waals surface area contributed by atoms with Crippen molar-refractivity contribution >= 4 is 6.09 Å². The van der Waals surface area contributed by atoms with Crippen LogP contribution in [0.1, 0.15) is 17.0 Å². The molecule has 1 aliphatic carbocycles. The molecule has 0 spiro atoms. The highest BCUT2D eigenvalue weighted by Gasteiger charge is 2.29. The standard InChI is InChI=1S/C17H18N2O2/c1-18-19(2)17(20)21-11-16-14-9-5-3-7-12(14)13-8-4-6-10-15(13)16/h3-10,16,18H,11H2,1-2H3. The van der Waals surface area contributed by atoms with E-state index in [0.29, 0.717) is 6.61 Å². The minimum absolute atomic E-state index is 0.103. The summed E-state index contributed by atoms with van der Waals surface area (Å²) in [6, 6.07) is 16.6. The Morgan fingerprint density at radius 3 is 2.14 bits per heavy atom. The van der Waals surface area contributed by atoms with Gasteiger partial charge in [-0.05, 0) is 22.3 Å². The zero-order valence-corrected chi connectivity index (χ0v) is 12.2. The normalized spacial score (nSPS) is 12.7. The smallest absolute Gasteiger partial charge is 0.423 e. The monoisotopic (exact) mass is 282 g/mol. The summed E-state index contributed by atoms with van der Waals surface area (Å²) in [7, 11) is 3.32. The van der Waals surface area contributed by atoms with E-state index in [0.717, 1.165) is 0 Å². The summed E-state index contributed by atoms with van der Waals surface area (Å²) in [6.45, 7) is 0.346. The van der Waals surface area contributed by atoms with E-state index in [9.17, 15) is 4.79 Å². The molecule has 0 aromatic heterocycles. The first kappa shape index (κ1) is 13.6. The fourth-order valence-corrected chi connectivity index (χ4v) is 2.78. The van der Waals surface area contributed by atoms with Crippen molar-refractivity contribution < 1.29 is 9.53 Å². The first-order valence-electron chi connectivity index (χ1n) is 6.98. The molecule has 4 heteroatoms.